The van der Waals surface area contributed by atoms with Gasteiger partial charge in [-0.05, 0) is 88.2 Å². The van der Waals surface area contributed by atoms with Gasteiger partial charge in [0.25, 0.3) is 0 Å². The summed E-state index contributed by atoms with van der Waals surface area (Å²) < 4.78 is 38.2. The molecule has 1 N–H and O–H groups in total. The standard InChI is InChI=1S/C28H42N4O5S/c1-21-16-26(36-6)17-22(2)28(21)38(34,35)31(5)14-15-37-20-27(33)29-24-8-7-9-25(18-24)32-12-10-23(11-13-32)19-30(3)4/h7-9,16-18,23H,10-15,19-20H2,1-6H3,(H,29,33). The van der Waals surface area contributed by atoms with Gasteiger partial charge in [-0.15, -0.1) is 0 Å². The number of aryl methyl sites for hydroxylation is 2. The lowest BCUT2D eigenvalue weighted by Gasteiger charge is -2.34. The predicted molar refractivity (Wildman–Crippen MR) is 152 cm³/mol. The molecule has 0 radical (unpaired) electrons. The number of nitrogens with one attached hydrogen (secondary N) is 1. The van der Waals surface area contributed by atoms with Crippen LogP contribution in [0.25, 0.3) is 0 Å². The van der Waals surface area contributed by atoms with Crippen LogP contribution >= 0.6 is 0 Å². The zero-order chi connectivity index (χ0) is 27.9. The largest absolute Gasteiger partial charge is 0.497 e. The summed E-state index contributed by atoms with van der Waals surface area (Å²) in [6, 6.07) is 11.3. The first-order valence-electron chi connectivity index (χ1n) is 13.0. The summed E-state index contributed by atoms with van der Waals surface area (Å²) in [7, 11) is 3.59. The van der Waals surface area contributed by atoms with E-state index in [0.717, 1.165) is 49.8 Å². The van der Waals surface area contributed by atoms with Gasteiger partial charge in [0.2, 0.25) is 15.9 Å². The highest BCUT2D eigenvalue weighted by Crippen LogP contribution is 2.28. The summed E-state index contributed by atoms with van der Waals surface area (Å²) in [6.07, 6.45) is 2.31. The van der Waals surface area contributed by atoms with E-state index in [-0.39, 0.29) is 30.6 Å². The smallest absolute Gasteiger partial charge is 0.250 e. The molecule has 0 spiro atoms. The van der Waals surface area contributed by atoms with Gasteiger partial charge in [0, 0.05) is 44.6 Å². The fourth-order valence-corrected chi connectivity index (χ4v) is 6.50. The Kier molecular flexibility index (Phi) is 10.6. The number of carbonyl (C=O) groups is 1. The van der Waals surface area contributed by atoms with Crippen LogP contribution in [0.1, 0.15) is 24.0 Å². The zero-order valence-electron chi connectivity index (χ0n) is 23.5. The molecule has 0 aromatic heterocycles. The van der Waals surface area contributed by atoms with Crippen LogP contribution in [0.3, 0.4) is 0 Å². The van der Waals surface area contributed by atoms with Crippen LogP contribution in [0.15, 0.2) is 41.3 Å². The van der Waals surface area contributed by atoms with Crippen molar-refractivity contribution in [3.63, 3.8) is 0 Å². The molecule has 0 atom stereocenters. The molecule has 9 nitrogen and oxygen atoms in total. The molecule has 1 aliphatic rings. The van der Waals surface area contributed by atoms with Gasteiger partial charge in [-0.1, -0.05) is 6.07 Å². The molecule has 1 amide bonds. The monoisotopic (exact) mass is 546 g/mol. The Bertz CT molecular complexity index is 1170. The summed E-state index contributed by atoms with van der Waals surface area (Å²) >= 11 is 0. The number of likely N-dealkylation sites (N-methyl/N-ethyl adjacent to an activating group) is 1. The minimum absolute atomic E-state index is 0.0966. The third-order valence-electron chi connectivity index (χ3n) is 6.85. The lowest BCUT2D eigenvalue weighted by molar-refractivity contribution is -0.120. The molecule has 0 bridgehead atoms. The first-order valence-corrected chi connectivity index (χ1v) is 14.4. The van der Waals surface area contributed by atoms with Crippen molar-refractivity contribution < 1.29 is 22.7 Å². The summed E-state index contributed by atoms with van der Waals surface area (Å²) in [5.41, 5.74) is 3.06. The highest BCUT2D eigenvalue weighted by atomic mass is 32.2. The first kappa shape index (κ1) is 29.9. The SMILES string of the molecule is COc1cc(C)c(S(=O)(=O)N(C)CCOCC(=O)Nc2cccc(N3CCC(CN(C)C)CC3)c2)c(C)c1. The number of sulfonamides is 1. The number of ether oxygens (including phenoxy) is 2. The second-order valence-corrected chi connectivity index (χ2v) is 12.2. The minimum Gasteiger partial charge on any atom is -0.497 e. The summed E-state index contributed by atoms with van der Waals surface area (Å²) in [5, 5.41) is 2.89. The second kappa shape index (κ2) is 13.4. The van der Waals surface area contributed by atoms with E-state index in [1.165, 1.54) is 11.4 Å². The maximum absolute atomic E-state index is 13.1. The van der Waals surface area contributed by atoms with Crippen molar-refractivity contribution in [2.75, 3.05) is 77.9 Å². The molecular weight excluding hydrogens is 504 g/mol. The molecule has 0 unspecified atom stereocenters. The molecular formula is C28H42N4O5S. The van der Waals surface area contributed by atoms with Gasteiger partial charge in [-0.25, -0.2) is 8.42 Å². The van der Waals surface area contributed by atoms with E-state index in [4.69, 9.17) is 9.47 Å². The molecule has 1 heterocycles. The van der Waals surface area contributed by atoms with Crippen LogP contribution in [-0.2, 0) is 19.6 Å². The van der Waals surface area contributed by atoms with Crippen LogP contribution in [0.5, 0.6) is 5.75 Å². The second-order valence-electron chi connectivity index (χ2n) is 10.3. The Morgan fingerprint density at radius 2 is 1.74 bits per heavy atom. The Balaban J connectivity index is 1.46. The van der Waals surface area contributed by atoms with Gasteiger partial charge in [0.1, 0.15) is 12.4 Å². The van der Waals surface area contributed by atoms with Crippen molar-refractivity contribution in [1.29, 1.82) is 0 Å². The highest BCUT2D eigenvalue weighted by molar-refractivity contribution is 7.89. The Hall–Kier alpha value is -2.66. The van der Waals surface area contributed by atoms with Crippen LogP contribution in [0.4, 0.5) is 11.4 Å². The number of hydrogen-bond acceptors (Lipinski definition) is 7. The summed E-state index contributed by atoms with van der Waals surface area (Å²) in [5.74, 6) is 1.06. The number of carbonyl (C=O) groups excluding carboxylic acids is 1. The highest BCUT2D eigenvalue weighted by Gasteiger charge is 2.25. The molecule has 10 heteroatoms. The summed E-state index contributed by atoms with van der Waals surface area (Å²) in [6.45, 7) is 6.69. The van der Waals surface area contributed by atoms with E-state index < -0.39 is 10.0 Å². The number of anilines is 2. The molecule has 2 aromatic rings. The zero-order valence-corrected chi connectivity index (χ0v) is 24.3. The van der Waals surface area contributed by atoms with Crippen LogP contribution in [-0.4, -0.2) is 91.2 Å². The number of benzene rings is 2. The number of nitrogens with zero attached hydrogens (tertiary/aromatic N) is 3. The maximum Gasteiger partial charge on any atom is 0.250 e. The van der Waals surface area contributed by atoms with Crippen LogP contribution in [0.2, 0.25) is 0 Å². The van der Waals surface area contributed by atoms with Crippen molar-refractivity contribution >= 4 is 27.3 Å². The average Bonchev–Trinajstić information content (AvgIpc) is 2.86. The van der Waals surface area contributed by atoms with Crippen molar-refractivity contribution in [1.82, 2.24) is 9.21 Å². The molecule has 38 heavy (non-hydrogen) atoms. The van der Waals surface area contributed by atoms with Crippen LogP contribution < -0.4 is 15.0 Å². The number of piperidine rings is 1. The summed E-state index contributed by atoms with van der Waals surface area (Å²) in [4.78, 5) is 17.3. The van der Waals surface area contributed by atoms with E-state index in [0.29, 0.717) is 16.9 Å². The first-order chi connectivity index (χ1) is 18.0. The van der Waals surface area contributed by atoms with E-state index in [1.54, 1.807) is 33.1 Å². The van der Waals surface area contributed by atoms with Gasteiger partial charge in [-0.2, -0.15) is 4.31 Å². The molecule has 3 rings (SSSR count). The van der Waals surface area contributed by atoms with E-state index in [9.17, 15) is 13.2 Å². The Morgan fingerprint density at radius 3 is 2.34 bits per heavy atom. The molecule has 1 fully saturated rings. The quantitative estimate of drug-likeness (QED) is 0.408. The van der Waals surface area contributed by atoms with Crippen molar-refractivity contribution in [2.45, 2.75) is 31.6 Å². The van der Waals surface area contributed by atoms with Crippen molar-refractivity contribution in [2.24, 2.45) is 5.92 Å². The van der Waals surface area contributed by atoms with Crippen molar-refractivity contribution in [3.05, 3.63) is 47.5 Å². The predicted octanol–water partition coefficient (Wildman–Crippen LogP) is 3.37. The molecule has 0 aliphatic carbocycles. The third-order valence-corrected chi connectivity index (χ3v) is 9.02. The fraction of sp³-hybridized carbons (Fsp3) is 0.536. The van der Waals surface area contributed by atoms with Gasteiger partial charge >= 0.3 is 0 Å². The molecule has 1 saturated heterocycles. The van der Waals surface area contributed by atoms with Gasteiger partial charge in [0.15, 0.2) is 0 Å². The van der Waals surface area contributed by atoms with Gasteiger partial charge in [0.05, 0.1) is 18.6 Å². The Labute approximate surface area is 227 Å². The molecule has 1 aliphatic heterocycles. The fourth-order valence-electron chi connectivity index (χ4n) is 4.94. The lowest BCUT2D eigenvalue weighted by atomic mass is 9.96. The average molecular weight is 547 g/mol. The molecule has 0 saturated carbocycles. The van der Waals surface area contributed by atoms with E-state index in [1.807, 2.05) is 18.2 Å². The number of amides is 1. The number of rotatable bonds is 12. The van der Waals surface area contributed by atoms with Crippen LogP contribution in [0, 0.1) is 19.8 Å². The van der Waals surface area contributed by atoms with Gasteiger partial charge in [-0.3, -0.25) is 4.79 Å². The topological polar surface area (TPSA) is 91.4 Å². The van der Waals surface area contributed by atoms with E-state index >= 15 is 0 Å². The number of methoxy groups -OCH3 is 1. The molecule has 210 valence electrons. The van der Waals surface area contributed by atoms with E-state index in [2.05, 4.69) is 35.3 Å². The van der Waals surface area contributed by atoms with Crippen molar-refractivity contribution in [3.8, 4) is 5.75 Å². The normalized spacial score (nSPS) is 14.8. The Morgan fingerprint density at radius 1 is 1.08 bits per heavy atom. The maximum atomic E-state index is 13.1. The lowest BCUT2D eigenvalue weighted by Crippen LogP contribution is -2.37. The van der Waals surface area contributed by atoms with Gasteiger partial charge < -0.3 is 24.6 Å². The third kappa shape index (κ3) is 7.92. The minimum atomic E-state index is -3.71. The molecule has 2 aromatic carbocycles. The number of hydrogen-bond donors (Lipinski definition) is 1.